The van der Waals surface area contributed by atoms with Crippen LogP contribution in [0.2, 0.25) is 0 Å². The molecule has 2 fully saturated rings. The van der Waals surface area contributed by atoms with Crippen molar-refractivity contribution in [3.05, 3.63) is 76.7 Å². The lowest BCUT2D eigenvalue weighted by Gasteiger charge is -2.32. The summed E-state index contributed by atoms with van der Waals surface area (Å²) >= 11 is 0. The van der Waals surface area contributed by atoms with E-state index in [4.69, 9.17) is 0 Å². The molecule has 0 spiro atoms. The number of sulfonamides is 1. The van der Waals surface area contributed by atoms with Crippen molar-refractivity contribution in [3.8, 4) is 0 Å². The van der Waals surface area contributed by atoms with Crippen molar-refractivity contribution in [1.82, 2.24) is 13.8 Å². The van der Waals surface area contributed by atoms with Crippen LogP contribution in [-0.2, 0) is 27.8 Å². The van der Waals surface area contributed by atoms with E-state index in [9.17, 15) is 18.0 Å². The first-order valence-electron chi connectivity index (χ1n) is 13.3. The second-order valence-corrected chi connectivity index (χ2v) is 12.5. The number of amides is 1. The maximum absolute atomic E-state index is 13.7. The number of hydrogen-bond donors (Lipinski definition) is 0. The van der Waals surface area contributed by atoms with Crippen LogP contribution in [0.5, 0.6) is 0 Å². The molecule has 0 atom stereocenters. The molecule has 196 valence electrons. The first-order valence-corrected chi connectivity index (χ1v) is 14.7. The van der Waals surface area contributed by atoms with Crippen molar-refractivity contribution in [2.75, 3.05) is 26.2 Å². The van der Waals surface area contributed by atoms with E-state index in [1.54, 1.807) is 24.3 Å². The number of aromatic nitrogens is 1. The average molecular weight is 522 g/mol. The summed E-state index contributed by atoms with van der Waals surface area (Å²) in [6.45, 7) is 4.20. The fourth-order valence-corrected chi connectivity index (χ4v) is 7.26. The van der Waals surface area contributed by atoms with Gasteiger partial charge in [-0.05, 0) is 55.6 Å². The van der Waals surface area contributed by atoms with Crippen LogP contribution < -0.4 is 5.56 Å². The number of benzene rings is 2. The fourth-order valence-electron chi connectivity index (χ4n) is 5.58. The Morgan fingerprint density at radius 1 is 0.865 bits per heavy atom. The maximum atomic E-state index is 13.7. The third-order valence-corrected chi connectivity index (χ3v) is 9.88. The SMILES string of the molecule is CC1CCN(S(=O)(=O)c2cn(CC(=O)N3CCC(Cc4ccccc4)CC3)c(=O)c3ccccc23)CC1. The van der Waals surface area contributed by atoms with Gasteiger partial charge in [-0.3, -0.25) is 9.59 Å². The van der Waals surface area contributed by atoms with Crippen LogP contribution in [0, 0.1) is 11.8 Å². The van der Waals surface area contributed by atoms with Gasteiger partial charge < -0.3 is 9.47 Å². The molecule has 2 aliphatic heterocycles. The maximum Gasteiger partial charge on any atom is 0.258 e. The first-order chi connectivity index (χ1) is 17.8. The molecule has 0 aliphatic carbocycles. The number of fused-ring (bicyclic) bond motifs is 1. The van der Waals surface area contributed by atoms with Gasteiger partial charge in [-0.15, -0.1) is 0 Å². The van der Waals surface area contributed by atoms with Gasteiger partial charge in [0.05, 0.1) is 0 Å². The minimum Gasteiger partial charge on any atom is -0.341 e. The van der Waals surface area contributed by atoms with Gasteiger partial charge in [-0.1, -0.05) is 55.5 Å². The van der Waals surface area contributed by atoms with E-state index in [1.165, 1.54) is 20.6 Å². The quantitative estimate of drug-likeness (QED) is 0.493. The molecule has 5 rings (SSSR count). The summed E-state index contributed by atoms with van der Waals surface area (Å²) in [6, 6.07) is 17.2. The highest BCUT2D eigenvalue weighted by atomic mass is 32.2. The van der Waals surface area contributed by atoms with E-state index < -0.39 is 10.0 Å². The van der Waals surface area contributed by atoms with Gasteiger partial charge in [-0.2, -0.15) is 4.31 Å². The molecular formula is C29H35N3O4S. The van der Waals surface area contributed by atoms with Crippen LogP contribution in [0.1, 0.15) is 38.2 Å². The van der Waals surface area contributed by atoms with Crippen LogP contribution in [0.3, 0.4) is 0 Å². The van der Waals surface area contributed by atoms with Crippen molar-refractivity contribution in [1.29, 1.82) is 0 Å². The highest BCUT2D eigenvalue weighted by Crippen LogP contribution is 2.28. The van der Waals surface area contributed by atoms with Crippen molar-refractivity contribution < 1.29 is 13.2 Å². The Bertz CT molecular complexity index is 1420. The lowest BCUT2D eigenvalue weighted by Crippen LogP contribution is -2.42. The van der Waals surface area contributed by atoms with Crippen LogP contribution in [0.15, 0.2) is 70.5 Å². The summed E-state index contributed by atoms with van der Waals surface area (Å²) in [5.41, 5.74) is 0.973. The summed E-state index contributed by atoms with van der Waals surface area (Å²) in [6.07, 6.45) is 5.85. The topological polar surface area (TPSA) is 79.7 Å². The average Bonchev–Trinajstić information content (AvgIpc) is 2.91. The minimum absolute atomic E-state index is 0.103. The van der Waals surface area contributed by atoms with E-state index in [0.717, 1.165) is 32.1 Å². The Balaban J connectivity index is 1.35. The van der Waals surface area contributed by atoms with E-state index in [0.29, 0.717) is 48.8 Å². The Morgan fingerprint density at radius 3 is 2.16 bits per heavy atom. The second-order valence-electron chi connectivity index (χ2n) is 10.6. The summed E-state index contributed by atoms with van der Waals surface area (Å²) in [5, 5.41) is 0.736. The summed E-state index contributed by atoms with van der Waals surface area (Å²) in [4.78, 5) is 28.4. The number of nitrogens with zero attached hydrogens (tertiary/aromatic N) is 3. The predicted molar refractivity (Wildman–Crippen MR) is 145 cm³/mol. The molecular weight excluding hydrogens is 486 g/mol. The fraction of sp³-hybridized carbons (Fsp3) is 0.448. The molecule has 3 aromatic rings. The normalized spacial score (nSPS) is 18.4. The number of hydrogen-bond acceptors (Lipinski definition) is 4. The summed E-state index contributed by atoms with van der Waals surface area (Å²) < 4.78 is 30.1. The van der Waals surface area contributed by atoms with Crippen LogP contribution in [0.25, 0.3) is 10.8 Å². The number of carbonyl (C=O) groups is 1. The van der Waals surface area contributed by atoms with Crippen LogP contribution in [-0.4, -0.2) is 54.3 Å². The highest BCUT2D eigenvalue weighted by Gasteiger charge is 2.31. The third kappa shape index (κ3) is 5.50. The van der Waals surface area contributed by atoms with Crippen molar-refractivity contribution in [3.63, 3.8) is 0 Å². The van der Waals surface area contributed by atoms with Gasteiger partial charge in [0, 0.05) is 43.1 Å². The largest absolute Gasteiger partial charge is 0.341 e. The van der Waals surface area contributed by atoms with Gasteiger partial charge in [0.1, 0.15) is 11.4 Å². The molecule has 1 amide bonds. The highest BCUT2D eigenvalue weighted by molar-refractivity contribution is 7.89. The number of rotatable bonds is 6. The molecule has 7 nitrogen and oxygen atoms in total. The van der Waals surface area contributed by atoms with E-state index >= 15 is 0 Å². The van der Waals surface area contributed by atoms with E-state index in [1.807, 2.05) is 11.0 Å². The molecule has 2 aliphatic rings. The smallest absolute Gasteiger partial charge is 0.258 e. The molecule has 0 N–H and O–H groups in total. The monoisotopic (exact) mass is 521 g/mol. The van der Waals surface area contributed by atoms with Gasteiger partial charge in [0.15, 0.2) is 0 Å². The lowest BCUT2D eigenvalue weighted by atomic mass is 9.90. The number of pyridine rings is 1. The zero-order chi connectivity index (χ0) is 26.0. The Morgan fingerprint density at radius 2 is 1.49 bits per heavy atom. The van der Waals surface area contributed by atoms with Gasteiger partial charge in [-0.25, -0.2) is 8.42 Å². The van der Waals surface area contributed by atoms with E-state index in [2.05, 4.69) is 31.2 Å². The lowest BCUT2D eigenvalue weighted by molar-refractivity contribution is -0.133. The number of piperidine rings is 2. The molecule has 0 unspecified atom stereocenters. The predicted octanol–water partition coefficient (Wildman–Crippen LogP) is 3.90. The zero-order valence-electron chi connectivity index (χ0n) is 21.4. The van der Waals surface area contributed by atoms with Crippen LogP contribution in [0.4, 0.5) is 0 Å². The first kappa shape index (κ1) is 25.7. The van der Waals surface area contributed by atoms with Crippen molar-refractivity contribution >= 4 is 26.7 Å². The molecule has 3 heterocycles. The molecule has 0 saturated carbocycles. The number of likely N-dealkylation sites (tertiary alicyclic amines) is 1. The van der Waals surface area contributed by atoms with Crippen molar-refractivity contribution in [2.24, 2.45) is 11.8 Å². The standard InChI is InChI=1S/C29H35N3O4S/c1-22-11-17-32(18-12-22)37(35,36)27-20-31(29(34)26-10-6-5-9-25(26)27)21-28(33)30-15-13-24(14-16-30)19-23-7-3-2-4-8-23/h2-10,20,22,24H,11-19,21H2,1H3. The number of carbonyl (C=O) groups excluding carboxylic acids is 1. The second kappa shape index (κ2) is 10.8. The Hall–Kier alpha value is -2.97. The van der Waals surface area contributed by atoms with Gasteiger partial charge in [0.25, 0.3) is 5.56 Å². The third-order valence-electron chi connectivity index (χ3n) is 7.96. The molecule has 2 saturated heterocycles. The van der Waals surface area contributed by atoms with Crippen LogP contribution >= 0.6 is 0 Å². The zero-order valence-corrected chi connectivity index (χ0v) is 22.2. The summed E-state index contributed by atoms with van der Waals surface area (Å²) in [5.74, 6) is 0.871. The molecule has 1 aromatic heterocycles. The molecule has 37 heavy (non-hydrogen) atoms. The van der Waals surface area contributed by atoms with E-state index in [-0.39, 0.29) is 22.9 Å². The Labute approximate surface area is 218 Å². The molecule has 0 radical (unpaired) electrons. The van der Waals surface area contributed by atoms with Gasteiger partial charge in [0.2, 0.25) is 15.9 Å². The molecule has 8 heteroatoms. The van der Waals surface area contributed by atoms with Crippen molar-refractivity contribution in [2.45, 2.75) is 50.5 Å². The molecule has 2 aromatic carbocycles. The Kier molecular flexibility index (Phi) is 7.49. The van der Waals surface area contributed by atoms with Gasteiger partial charge >= 0.3 is 0 Å². The molecule has 0 bridgehead atoms. The minimum atomic E-state index is -3.80. The summed E-state index contributed by atoms with van der Waals surface area (Å²) in [7, 11) is -3.80.